The van der Waals surface area contributed by atoms with Crippen molar-refractivity contribution in [3.63, 3.8) is 0 Å². The molecule has 2 nitrogen and oxygen atoms in total. The van der Waals surface area contributed by atoms with Crippen LogP contribution in [0.5, 0.6) is 5.75 Å². The predicted molar refractivity (Wildman–Crippen MR) is 60.9 cm³/mol. The molecular weight excluding hydrogens is 174 g/mol. The van der Waals surface area contributed by atoms with Crippen LogP contribution >= 0.6 is 0 Å². The third-order valence-corrected chi connectivity index (χ3v) is 1.89. The lowest BCUT2D eigenvalue weighted by atomic mass is 9.97. The predicted octanol–water partition coefficient (Wildman–Crippen LogP) is 3.15. The summed E-state index contributed by atoms with van der Waals surface area (Å²) in [4.78, 5) is 0. The van der Waals surface area contributed by atoms with E-state index < -0.39 is 0 Å². The van der Waals surface area contributed by atoms with Crippen molar-refractivity contribution < 1.29 is 4.74 Å². The number of hydrogen-bond acceptors (Lipinski definition) is 2. The number of nitrogens with one attached hydrogen (secondary N) is 1. The fraction of sp³-hybridized carbons (Fsp3) is 0.500. The van der Waals surface area contributed by atoms with Crippen LogP contribution < -0.4 is 10.1 Å². The van der Waals surface area contributed by atoms with E-state index in [0.717, 1.165) is 18.0 Å². The molecule has 0 aromatic heterocycles. The van der Waals surface area contributed by atoms with E-state index in [-0.39, 0.29) is 0 Å². The van der Waals surface area contributed by atoms with Gasteiger partial charge in [0.05, 0.1) is 7.11 Å². The lowest BCUT2D eigenvalue weighted by molar-refractivity contribution is 0.414. The van der Waals surface area contributed by atoms with Gasteiger partial charge in [0, 0.05) is 18.3 Å². The van der Waals surface area contributed by atoms with E-state index in [1.807, 2.05) is 24.3 Å². The number of hydrogen-bond donors (Lipinski definition) is 1. The van der Waals surface area contributed by atoms with Gasteiger partial charge in [-0.15, -0.1) is 0 Å². The lowest BCUT2D eigenvalue weighted by Crippen LogP contribution is -2.18. The van der Waals surface area contributed by atoms with Crippen LogP contribution in [0.15, 0.2) is 24.3 Å². The lowest BCUT2D eigenvalue weighted by Gasteiger charge is -2.19. The van der Waals surface area contributed by atoms with Crippen molar-refractivity contribution in [2.45, 2.75) is 20.8 Å². The molecule has 0 amide bonds. The van der Waals surface area contributed by atoms with Gasteiger partial charge in [0.25, 0.3) is 0 Å². The van der Waals surface area contributed by atoms with Gasteiger partial charge in [-0.2, -0.15) is 0 Å². The standard InChI is InChI=1S/C12H19NO/c1-12(2,3)9-13-10-6-5-7-11(8-10)14-4/h5-8,13H,9H2,1-4H3. The van der Waals surface area contributed by atoms with E-state index >= 15 is 0 Å². The highest BCUT2D eigenvalue weighted by Gasteiger charge is 2.09. The molecule has 1 rings (SSSR count). The average molecular weight is 193 g/mol. The molecule has 1 aromatic carbocycles. The maximum atomic E-state index is 5.15. The minimum atomic E-state index is 0.295. The van der Waals surface area contributed by atoms with Crippen LogP contribution in [0.4, 0.5) is 5.69 Å². The van der Waals surface area contributed by atoms with E-state index in [4.69, 9.17) is 4.74 Å². The van der Waals surface area contributed by atoms with Gasteiger partial charge in [-0.05, 0) is 17.5 Å². The van der Waals surface area contributed by atoms with Crippen LogP contribution in [0.1, 0.15) is 20.8 Å². The van der Waals surface area contributed by atoms with E-state index in [1.165, 1.54) is 0 Å². The monoisotopic (exact) mass is 193 g/mol. The van der Waals surface area contributed by atoms with Crippen LogP contribution in [-0.2, 0) is 0 Å². The second-order valence-corrected chi connectivity index (χ2v) is 4.65. The van der Waals surface area contributed by atoms with E-state index in [2.05, 4.69) is 26.1 Å². The SMILES string of the molecule is COc1cccc(NCC(C)(C)C)c1. The van der Waals surface area contributed by atoms with Gasteiger partial charge in [0.2, 0.25) is 0 Å². The fourth-order valence-corrected chi connectivity index (χ4v) is 1.10. The highest BCUT2D eigenvalue weighted by atomic mass is 16.5. The third kappa shape index (κ3) is 3.69. The molecule has 0 aliphatic rings. The Kier molecular flexibility index (Phi) is 3.39. The van der Waals surface area contributed by atoms with Crippen molar-refractivity contribution in [2.24, 2.45) is 5.41 Å². The Morgan fingerprint density at radius 1 is 1.29 bits per heavy atom. The molecule has 0 saturated heterocycles. The molecule has 0 bridgehead atoms. The van der Waals surface area contributed by atoms with Crippen LogP contribution in [0.2, 0.25) is 0 Å². The van der Waals surface area contributed by atoms with Crippen molar-refractivity contribution >= 4 is 5.69 Å². The number of anilines is 1. The number of benzene rings is 1. The quantitative estimate of drug-likeness (QED) is 0.796. The van der Waals surface area contributed by atoms with Crippen molar-refractivity contribution in [1.29, 1.82) is 0 Å². The topological polar surface area (TPSA) is 21.3 Å². The summed E-state index contributed by atoms with van der Waals surface area (Å²) in [5, 5.41) is 3.38. The Bertz CT molecular complexity index is 289. The molecular formula is C12H19NO. The molecule has 0 radical (unpaired) electrons. The third-order valence-electron chi connectivity index (χ3n) is 1.89. The number of rotatable bonds is 3. The van der Waals surface area contributed by atoms with Crippen molar-refractivity contribution in [3.8, 4) is 5.75 Å². The van der Waals surface area contributed by atoms with Gasteiger partial charge < -0.3 is 10.1 Å². The smallest absolute Gasteiger partial charge is 0.120 e. The summed E-state index contributed by atoms with van der Waals surface area (Å²) in [5.74, 6) is 0.893. The van der Waals surface area contributed by atoms with E-state index in [9.17, 15) is 0 Å². The maximum absolute atomic E-state index is 5.15. The molecule has 0 aliphatic carbocycles. The first-order valence-corrected chi connectivity index (χ1v) is 4.89. The van der Waals surface area contributed by atoms with Crippen molar-refractivity contribution in [1.82, 2.24) is 0 Å². The Morgan fingerprint density at radius 3 is 2.57 bits per heavy atom. The van der Waals surface area contributed by atoms with Crippen LogP contribution in [0.25, 0.3) is 0 Å². The van der Waals surface area contributed by atoms with Gasteiger partial charge in [-0.25, -0.2) is 0 Å². The molecule has 14 heavy (non-hydrogen) atoms. The Balaban J connectivity index is 2.59. The highest BCUT2D eigenvalue weighted by Crippen LogP contribution is 2.19. The van der Waals surface area contributed by atoms with Crippen LogP contribution in [-0.4, -0.2) is 13.7 Å². The molecule has 1 N–H and O–H groups in total. The molecule has 0 heterocycles. The Hall–Kier alpha value is -1.18. The van der Waals surface area contributed by atoms with Gasteiger partial charge in [0.1, 0.15) is 5.75 Å². The Labute approximate surface area is 86.3 Å². The summed E-state index contributed by atoms with van der Waals surface area (Å²) in [6, 6.07) is 7.99. The summed E-state index contributed by atoms with van der Waals surface area (Å²) in [5.41, 5.74) is 1.41. The average Bonchev–Trinajstić information content (AvgIpc) is 2.14. The molecule has 2 heteroatoms. The molecule has 0 aliphatic heterocycles. The van der Waals surface area contributed by atoms with Gasteiger partial charge in [-0.3, -0.25) is 0 Å². The zero-order chi connectivity index (χ0) is 10.6. The largest absolute Gasteiger partial charge is 0.497 e. The van der Waals surface area contributed by atoms with Gasteiger partial charge in [0.15, 0.2) is 0 Å². The fourth-order valence-electron chi connectivity index (χ4n) is 1.10. The normalized spacial score (nSPS) is 11.1. The van der Waals surface area contributed by atoms with E-state index in [0.29, 0.717) is 5.41 Å². The Morgan fingerprint density at radius 2 is 2.00 bits per heavy atom. The van der Waals surface area contributed by atoms with Crippen LogP contribution in [0, 0.1) is 5.41 Å². The van der Waals surface area contributed by atoms with Gasteiger partial charge >= 0.3 is 0 Å². The molecule has 0 fully saturated rings. The minimum absolute atomic E-state index is 0.295. The molecule has 0 unspecified atom stereocenters. The second-order valence-electron chi connectivity index (χ2n) is 4.65. The highest BCUT2D eigenvalue weighted by molar-refractivity contribution is 5.48. The molecule has 0 atom stereocenters. The molecule has 1 aromatic rings. The van der Waals surface area contributed by atoms with Crippen LogP contribution in [0.3, 0.4) is 0 Å². The van der Waals surface area contributed by atoms with Crippen molar-refractivity contribution in [3.05, 3.63) is 24.3 Å². The summed E-state index contributed by atoms with van der Waals surface area (Å²) in [6.45, 7) is 7.58. The molecule has 78 valence electrons. The molecule has 0 spiro atoms. The number of methoxy groups -OCH3 is 1. The molecule has 0 saturated carbocycles. The van der Waals surface area contributed by atoms with Gasteiger partial charge in [-0.1, -0.05) is 26.8 Å². The summed E-state index contributed by atoms with van der Waals surface area (Å²) in [6.07, 6.45) is 0. The number of ether oxygens (including phenoxy) is 1. The first-order valence-electron chi connectivity index (χ1n) is 4.89. The summed E-state index contributed by atoms with van der Waals surface area (Å²) >= 11 is 0. The zero-order valence-electron chi connectivity index (χ0n) is 9.42. The minimum Gasteiger partial charge on any atom is -0.497 e. The maximum Gasteiger partial charge on any atom is 0.120 e. The first-order chi connectivity index (χ1) is 6.51. The summed E-state index contributed by atoms with van der Waals surface area (Å²) < 4.78 is 5.15. The van der Waals surface area contributed by atoms with Crippen molar-refractivity contribution in [2.75, 3.05) is 19.0 Å². The second kappa shape index (κ2) is 4.36. The first kappa shape index (κ1) is 10.9. The summed E-state index contributed by atoms with van der Waals surface area (Å²) in [7, 11) is 1.68. The zero-order valence-corrected chi connectivity index (χ0v) is 9.42. The van der Waals surface area contributed by atoms with E-state index in [1.54, 1.807) is 7.11 Å².